The third-order valence-corrected chi connectivity index (χ3v) is 3.92. The highest BCUT2D eigenvalue weighted by Gasteiger charge is 2.29. The number of ether oxygens (including phenoxy) is 1. The molecule has 1 fully saturated rings. The summed E-state index contributed by atoms with van der Waals surface area (Å²) in [5, 5.41) is 11.3. The number of hydrogen-bond acceptors (Lipinski definition) is 5. The minimum Gasteiger partial charge on any atom is -0.476 e. The molecule has 3 rings (SSSR count). The molecule has 0 radical (unpaired) electrons. The smallest absolute Gasteiger partial charge is 0.356 e. The quantitative estimate of drug-likeness (QED) is 0.907. The molecule has 0 unspecified atom stereocenters. The van der Waals surface area contributed by atoms with Crippen LogP contribution in [0.2, 0.25) is 0 Å². The highest BCUT2D eigenvalue weighted by molar-refractivity contribution is 7.15. The van der Waals surface area contributed by atoms with Gasteiger partial charge in [-0.05, 0) is 13.8 Å². The van der Waals surface area contributed by atoms with Gasteiger partial charge in [0.05, 0.1) is 12.2 Å². The van der Waals surface area contributed by atoms with E-state index in [9.17, 15) is 9.90 Å². The number of imidazole rings is 1. The second kappa shape index (κ2) is 4.50. The molecule has 102 valence electrons. The summed E-state index contributed by atoms with van der Waals surface area (Å²) in [6.07, 6.45) is 1.89. The molecular weight excluding hydrogens is 266 g/mol. The Morgan fingerprint density at radius 3 is 2.79 bits per heavy atom. The van der Waals surface area contributed by atoms with Gasteiger partial charge in [0, 0.05) is 24.7 Å². The molecule has 0 saturated carbocycles. The maximum Gasteiger partial charge on any atom is 0.356 e. The topological polar surface area (TPSA) is 67.1 Å². The summed E-state index contributed by atoms with van der Waals surface area (Å²) in [5.74, 6) is -0.408. The molecule has 0 amide bonds. The molecule has 2 aromatic rings. The number of carboxylic acid groups (broad SMARTS) is 1. The van der Waals surface area contributed by atoms with E-state index in [4.69, 9.17) is 4.74 Å². The molecular formula is C12H15N3O3S. The van der Waals surface area contributed by atoms with Crippen LogP contribution in [-0.4, -0.2) is 45.8 Å². The Hall–Kier alpha value is -1.60. The molecule has 1 aliphatic rings. The maximum absolute atomic E-state index is 11.5. The minimum absolute atomic E-state index is 0.0742. The molecule has 6 nitrogen and oxygen atoms in total. The lowest BCUT2D eigenvalue weighted by atomic mass is 10.2. The molecule has 0 aliphatic carbocycles. The number of thiazole rings is 1. The average Bonchev–Trinajstić information content (AvgIpc) is 2.85. The molecule has 2 aromatic heterocycles. The van der Waals surface area contributed by atoms with Crippen molar-refractivity contribution in [3.63, 3.8) is 0 Å². The van der Waals surface area contributed by atoms with E-state index in [-0.39, 0.29) is 17.9 Å². The maximum atomic E-state index is 11.5. The lowest BCUT2D eigenvalue weighted by Crippen LogP contribution is -2.46. The summed E-state index contributed by atoms with van der Waals surface area (Å²) in [4.78, 5) is 18.7. The number of aromatic carboxylic acids is 1. The van der Waals surface area contributed by atoms with Crippen LogP contribution in [0.5, 0.6) is 0 Å². The number of carboxylic acids is 1. The van der Waals surface area contributed by atoms with Gasteiger partial charge < -0.3 is 14.7 Å². The Morgan fingerprint density at radius 2 is 2.16 bits per heavy atom. The van der Waals surface area contributed by atoms with Crippen LogP contribution in [0.3, 0.4) is 0 Å². The van der Waals surface area contributed by atoms with Crippen molar-refractivity contribution in [2.24, 2.45) is 0 Å². The lowest BCUT2D eigenvalue weighted by molar-refractivity contribution is -0.00554. The Balaban J connectivity index is 2.06. The van der Waals surface area contributed by atoms with E-state index >= 15 is 0 Å². The van der Waals surface area contributed by atoms with E-state index in [1.54, 1.807) is 10.6 Å². The Morgan fingerprint density at radius 1 is 1.47 bits per heavy atom. The van der Waals surface area contributed by atoms with Gasteiger partial charge >= 0.3 is 5.97 Å². The summed E-state index contributed by atoms with van der Waals surface area (Å²) >= 11 is 1.44. The minimum atomic E-state index is -0.951. The Labute approximate surface area is 114 Å². The van der Waals surface area contributed by atoms with Crippen molar-refractivity contribution in [2.75, 3.05) is 18.0 Å². The molecule has 3 heterocycles. The predicted molar refractivity (Wildman–Crippen MR) is 72.3 cm³/mol. The number of hydrogen-bond donors (Lipinski definition) is 1. The van der Waals surface area contributed by atoms with Gasteiger partial charge in [-0.2, -0.15) is 0 Å². The zero-order valence-electron chi connectivity index (χ0n) is 10.7. The van der Waals surface area contributed by atoms with E-state index < -0.39 is 5.97 Å². The third-order valence-electron chi connectivity index (χ3n) is 3.17. The number of rotatable bonds is 2. The van der Waals surface area contributed by atoms with Gasteiger partial charge in [0.1, 0.15) is 0 Å². The van der Waals surface area contributed by atoms with Gasteiger partial charge in [-0.1, -0.05) is 0 Å². The number of morpholine rings is 1. The van der Waals surface area contributed by atoms with Crippen molar-refractivity contribution in [3.05, 3.63) is 17.3 Å². The van der Waals surface area contributed by atoms with E-state index in [1.165, 1.54) is 11.3 Å². The second-order valence-electron chi connectivity index (χ2n) is 4.81. The number of aromatic nitrogens is 2. The lowest BCUT2D eigenvalue weighted by Gasteiger charge is -2.35. The molecule has 0 spiro atoms. The fourth-order valence-corrected chi connectivity index (χ4v) is 3.25. The molecule has 19 heavy (non-hydrogen) atoms. The largest absolute Gasteiger partial charge is 0.476 e. The Bertz CT molecular complexity index is 611. The molecule has 0 bridgehead atoms. The number of nitrogens with zero attached hydrogens (tertiary/aromatic N) is 3. The van der Waals surface area contributed by atoms with Crippen LogP contribution >= 0.6 is 11.3 Å². The first kappa shape index (κ1) is 12.4. The van der Waals surface area contributed by atoms with Crippen LogP contribution in [0.15, 0.2) is 11.6 Å². The summed E-state index contributed by atoms with van der Waals surface area (Å²) in [6, 6.07) is 0. The fraction of sp³-hybridized carbons (Fsp3) is 0.500. The molecule has 1 saturated heterocycles. The molecule has 1 aliphatic heterocycles. The summed E-state index contributed by atoms with van der Waals surface area (Å²) in [7, 11) is 0. The van der Waals surface area contributed by atoms with Crippen LogP contribution in [0.4, 0.5) is 5.82 Å². The van der Waals surface area contributed by atoms with Crippen molar-refractivity contribution < 1.29 is 14.6 Å². The van der Waals surface area contributed by atoms with Gasteiger partial charge in [-0.3, -0.25) is 4.40 Å². The second-order valence-corrected chi connectivity index (χ2v) is 5.68. The first-order chi connectivity index (χ1) is 9.06. The van der Waals surface area contributed by atoms with Gasteiger partial charge in [0.25, 0.3) is 0 Å². The number of fused-ring (bicyclic) bond motifs is 1. The van der Waals surface area contributed by atoms with E-state index in [1.807, 2.05) is 24.1 Å². The highest BCUT2D eigenvalue weighted by atomic mass is 32.1. The van der Waals surface area contributed by atoms with Crippen LogP contribution in [0.25, 0.3) is 4.96 Å². The van der Waals surface area contributed by atoms with Crippen LogP contribution < -0.4 is 4.90 Å². The first-order valence-electron chi connectivity index (χ1n) is 6.15. The van der Waals surface area contributed by atoms with Crippen molar-refractivity contribution in [2.45, 2.75) is 26.1 Å². The molecule has 0 aromatic carbocycles. The third kappa shape index (κ3) is 2.08. The summed E-state index contributed by atoms with van der Waals surface area (Å²) < 4.78 is 7.30. The van der Waals surface area contributed by atoms with Gasteiger partial charge in [0.2, 0.25) is 0 Å². The first-order valence-corrected chi connectivity index (χ1v) is 7.03. The van der Waals surface area contributed by atoms with E-state index in [0.717, 1.165) is 0 Å². The standard InChI is InChI=1S/C12H15N3O3S/c1-7-5-14(6-8(2)18-7)10-9(11(16)17)15-3-4-19-12(15)13-10/h3-4,7-8H,5-6H2,1-2H3,(H,16,17)/t7-,8+. The molecule has 7 heteroatoms. The van der Waals surface area contributed by atoms with Crippen molar-refractivity contribution in [1.29, 1.82) is 0 Å². The van der Waals surface area contributed by atoms with Crippen LogP contribution in [0, 0.1) is 0 Å². The average molecular weight is 281 g/mol. The Kier molecular flexibility index (Phi) is 2.94. The monoisotopic (exact) mass is 281 g/mol. The summed E-state index contributed by atoms with van der Waals surface area (Å²) in [5.41, 5.74) is 0.234. The van der Waals surface area contributed by atoms with Crippen molar-refractivity contribution >= 4 is 28.1 Å². The van der Waals surface area contributed by atoms with Gasteiger partial charge in [-0.15, -0.1) is 11.3 Å². The van der Waals surface area contributed by atoms with E-state index in [2.05, 4.69) is 4.98 Å². The molecule has 1 N–H and O–H groups in total. The molecule has 2 atom stereocenters. The van der Waals surface area contributed by atoms with Crippen molar-refractivity contribution in [1.82, 2.24) is 9.38 Å². The highest BCUT2D eigenvalue weighted by Crippen LogP contribution is 2.27. The summed E-state index contributed by atoms with van der Waals surface area (Å²) in [6.45, 7) is 5.30. The van der Waals surface area contributed by atoms with Gasteiger partial charge in [-0.25, -0.2) is 9.78 Å². The van der Waals surface area contributed by atoms with E-state index in [0.29, 0.717) is 23.9 Å². The number of anilines is 1. The fourth-order valence-electron chi connectivity index (χ4n) is 2.54. The van der Waals surface area contributed by atoms with Crippen LogP contribution in [0.1, 0.15) is 24.3 Å². The zero-order chi connectivity index (χ0) is 13.6. The predicted octanol–water partition coefficient (Wildman–Crippen LogP) is 1.71. The van der Waals surface area contributed by atoms with Crippen LogP contribution in [-0.2, 0) is 4.74 Å². The SMILES string of the molecule is C[C@@H]1CN(c2nc3sccn3c2C(=O)O)C[C@H](C)O1. The van der Waals surface area contributed by atoms with Gasteiger partial charge in [0.15, 0.2) is 16.5 Å². The normalized spacial score (nSPS) is 24.0. The number of carbonyl (C=O) groups is 1. The van der Waals surface area contributed by atoms with Crippen molar-refractivity contribution in [3.8, 4) is 0 Å². The zero-order valence-corrected chi connectivity index (χ0v) is 11.6.